The van der Waals surface area contributed by atoms with Crippen LogP contribution in [0.3, 0.4) is 0 Å². The number of fused-ring (bicyclic) bond motifs is 1. The average Bonchev–Trinajstić information content (AvgIpc) is 2.39. The fourth-order valence-electron chi connectivity index (χ4n) is 1.90. The van der Waals surface area contributed by atoms with Crippen LogP contribution in [0.5, 0.6) is 5.75 Å². The zero-order chi connectivity index (χ0) is 12.8. The molecule has 2 aromatic rings. The molecule has 2 nitrogen and oxygen atoms in total. The number of hydrogen-bond donors (Lipinski definition) is 0. The average molecular weight is 241 g/mol. The van der Waals surface area contributed by atoms with E-state index in [9.17, 15) is 4.79 Å². The fourth-order valence-corrected chi connectivity index (χ4v) is 1.90. The third-order valence-electron chi connectivity index (χ3n) is 2.87. The molecule has 0 N–H and O–H groups in total. The van der Waals surface area contributed by atoms with Crippen molar-refractivity contribution in [1.29, 1.82) is 0 Å². The zero-order valence-corrected chi connectivity index (χ0v) is 10.6. The van der Waals surface area contributed by atoms with Gasteiger partial charge in [-0.05, 0) is 23.9 Å². The number of ether oxygens (including phenoxy) is 1. The van der Waals surface area contributed by atoms with E-state index in [4.69, 9.17) is 4.74 Å². The Morgan fingerprint density at radius 3 is 2.89 bits per heavy atom. The van der Waals surface area contributed by atoms with E-state index in [1.807, 2.05) is 24.3 Å². The predicted molar refractivity (Wildman–Crippen MR) is 72.6 cm³/mol. The third-order valence-corrected chi connectivity index (χ3v) is 2.87. The second kappa shape index (κ2) is 6.20. The maximum atomic E-state index is 11.7. The van der Waals surface area contributed by atoms with Gasteiger partial charge in [0.1, 0.15) is 5.75 Å². The van der Waals surface area contributed by atoms with E-state index in [1.54, 1.807) is 12.1 Å². The first kappa shape index (κ1) is 12.6. The lowest BCUT2D eigenvalue weighted by Crippen LogP contribution is -2.07. The van der Waals surface area contributed by atoms with Gasteiger partial charge >= 0.3 is 5.97 Å². The Kier molecular flexibility index (Phi) is 4.35. The second-order valence-corrected chi connectivity index (χ2v) is 4.32. The van der Waals surface area contributed by atoms with Crippen LogP contribution in [0.1, 0.15) is 32.6 Å². The van der Waals surface area contributed by atoms with Crippen molar-refractivity contribution in [1.82, 2.24) is 0 Å². The Hall–Kier alpha value is -1.83. The first-order chi connectivity index (χ1) is 8.81. The van der Waals surface area contributed by atoms with Gasteiger partial charge in [0.15, 0.2) is 0 Å². The Morgan fingerprint density at radius 1 is 1.22 bits per heavy atom. The minimum absolute atomic E-state index is 0.153. The SMILES string of the molecule is CCCCCC(=O)Oc1cc[c]c2ccccc12. The van der Waals surface area contributed by atoms with Crippen LogP contribution in [0.4, 0.5) is 0 Å². The van der Waals surface area contributed by atoms with E-state index in [0.29, 0.717) is 12.2 Å². The fraction of sp³-hybridized carbons (Fsp3) is 0.312. The Bertz CT molecular complexity index is 526. The number of unbranched alkanes of at least 4 members (excludes halogenated alkanes) is 2. The van der Waals surface area contributed by atoms with E-state index in [1.165, 1.54) is 0 Å². The molecule has 0 unspecified atom stereocenters. The lowest BCUT2D eigenvalue weighted by molar-refractivity contribution is -0.134. The molecule has 0 spiro atoms. The van der Waals surface area contributed by atoms with Crippen molar-refractivity contribution in [3.63, 3.8) is 0 Å². The van der Waals surface area contributed by atoms with Crippen molar-refractivity contribution < 1.29 is 9.53 Å². The monoisotopic (exact) mass is 241 g/mol. The molecule has 18 heavy (non-hydrogen) atoms. The summed E-state index contributed by atoms with van der Waals surface area (Å²) in [7, 11) is 0. The van der Waals surface area contributed by atoms with Crippen LogP contribution in [0.2, 0.25) is 0 Å². The predicted octanol–water partition coefficient (Wildman–Crippen LogP) is 4.13. The number of esters is 1. The van der Waals surface area contributed by atoms with E-state index in [-0.39, 0.29) is 5.97 Å². The molecule has 0 amide bonds. The normalized spacial score (nSPS) is 10.5. The molecule has 0 atom stereocenters. The molecular formula is C16H17O2. The topological polar surface area (TPSA) is 26.3 Å². The maximum Gasteiger partial charge on any atom is 0.311 e. The van der Waals surface area contributed by atoms with Gasteiger partial charge in [-0.2, -0.15) is 0 Å². The van der Waals surface area contributed by atoms with E-state index < -0.39 is 0 Å². The molecule has 0 fully saturated rings. The molecule has 0 aromatic heterocycles. The van der Waals surface area contributed by atoms with Gasteiger partial charge < -0.3 is 4.74 Å². The van der Waals surface area contributed by atoms with Crippen molar-refractivity contribution in [3.8, 4) is 5.75 Å². The lowest BCUT2D eigenvalue weighted by Gasteiger charge is -2.07. The highest BCUT2D eigenvalue weighted by atomic mass is 16.5. The number of benzene rings is 2. The van der Waals surface area contributed by atoms with Gasteiger partial charge in [-0.15, -0.1) is 0 Å². The van der Waals surface area contributed by atoms with Gasteiger partial charge in [0.05, 0.1) is 0 Å². The molecule has 0 bridgehead atoms. The summed E-state index contributed by atoms with van der Waals surface area (Å²) < 4.78 is 5.42. The van der Waals surface area contributed by atoms with Crippen LogP contribution in [0, 0.1) is 6.07 Å². The zero-order valence-electron chi connectivity index (χ0n) is 10.6. The van der Waals surface area contributed by atoms with Crippen LogP contribution in [-0.2, 0) is 4.79 Å². The summed E-state index contributed by atoms with van der Waals surface area (Å²) in [5, 5.41) is 1.90. The van der Waals surface area contributed by atoms with E-state index >= 15 is 0 Å². The van der Waals surface area contributed by atoms with Gasteiger partial charge in [-0.1, -0.05) is 50.1 Å². The van der Waals surface area contributed by atoms with Crippen LogP contribution < -0.4 is 4.74 Å². The molecule has 93 valence electrons. The molecule has 0 aliphatic heterocycles. The first-order valence-corrected chi connectivity index (χ1v) is 6.41. The number of carbonyl (C=O) groups is 1. The second-order valence-electron chi connectivity index (χ2n) is 4.32. The molecule has 2 heteroatoms. The highest BCUT2D eigenvalue weighted by molar-refractivity contribution is 5.89. The quantitative estimate of drug-likeness (QED) is 0.447. The molecule has 0 aliphatic rings. The van der Waals surface area contributed by atoms with Gasteiger partial charge in [0.2, 0.25) is 0 Å². The van der Waals surface area contributed by atoms with E-state index in [2.05, 4.69) is 13.0 Å². The van der Waals surface area contributed by atoms with Crippen molar-refractivity contribution in [2.45, 2.75) is 32.6 Å². The van der Waals surface area contributed by atoms with Crippen molar-refractivity contribution in [2.75, 3.05) is 0 Å². The minimum Gasteiger partial charge on any atom is -0.426 e. The highest BCUT2D eigenvalue weighted by Crippen LogP contribution is 2.25. The molecule has 2 rings (SSSR count). The number of rotatable bonds is 5. The molecular weight excluding hydrogens is 224 g/mol. The molecule has 0 aliphatic carbocycles. The molecule has 0 saturated heterocycles. The summed E-state index contributed by atoms with van der Waals surface area (Å²) in [4.78, 5) is 11.7. The number of carbonyl (C=O) groups excluding carboxylic acids is 1. The van der Waals surface area contributed by atoms with Crippen LogP contribution in [0.15, 0.2) is 36.4 Å². The van der Waals surface area contributed by atoms with E-state index in [0.717, 1.165) is 30.0 Å². The van der Waals surface area contributed by atoms with Crippen molar-refractivity contribution >= 4 is 16.7 Å². The summed E-state index contributed by atoms with van der Waals surface area (Å²) in [6, 6.07) is 14.5. The van der Waals surface area contributed by atoms with Gasteiger partial charge in [0, 0.05) is 11.8 Å². The standard InChI is InChI=1S/C16H17O2/c1-2-3-4-12-16(17)18-15-11-7-9-13-8-5-6-10-14(13)15/h5-8,10-11H,2-4,12H2,1H3. The smallest absolute Gasteiger partial charge is 0.311 e. The van der Waals surface area contributed by atoms with Crippen molar-refractivity contribution in [3.05, 3.63) is 42.5 Å². The Morgan fingerprint density at radius 2 is 2.06 bits per heavy atom. The first-order valence-electron chi connectivity index (χ1n) is 6.41. The summed E-state index contributed by atoms with van der Waals surface area (Å²) in [5.74, 6) is 0.477. The van der Waals surface area contributed by atoms with Gasteiger partial charge in [-0.25, -0.2) is 0 Å². The Labute approximate surface area is 108 Å². The molecule has 0 saturated carbocycles. The van der Waals surface area contributed by atoms with Gasteiger partial charge in [-0.3, -0.25) is 4.79 Å². The molecule has 0 heterocycles. The van der Waals surface area contributed by atoms with Crippen LogP contribution >= 0.6 is 0 Å². The lowest BCUT2D eigenvalue weighted by atomic mass is 10.1. The summed E-state index contributed by atoms with van der Waals surface area (Å²) in [6.07, 6.45) is 3.56. The number of hydrogen-bond acceptors (Lipinski definition) is 2. The highest BCUT2D eigenvalue weighted by Gasteiger charge is 2.07. The van der Waals surface area contributed by atoms with Gasteiger partial charge in [0.25, 0.3) is 0 Å². The largest absolute Gasteiger partial charge is 0.426 e. The summed E-state index contributed by atoms with van der Waals surface area (Å²) in [5.41, 5.74) is 0. The molecule has 1 radical (unpaired) electrons. The van der Waals surface area contributed by atoms with Crippen molar-refractivity contribution in [2.24, 2.45) is 0 Å². The third kappa shape index (κ3) is 3.10. The van der Waals surface area contributed by atoms with Crippen LogP contribution in [0.25, 0.3) is 10.8 Å². The Balaban J connectivity index is 2.09. The summed E-state index contributed by atoms with van der Waals surface area (Å²) >= 11 is 0. The molecule has 2 aromatic carbocycles. The minimum atomic E-state index is -0.153. The maximum absolute atomic E-state index is 11.7. The van der Waals surface area contributed by atoms with Crippen LogP contribution in [-0.4, -0.2) is 5.97 Å². The summed E-state index contributed by atoms with van der Waals surface area (Å²) in [6.45, 7) is 2.12.